The van der Waals surface area contributed by atoms with Crippen LogP contribution in [0.3, 0.4) is 0 Å². The predicted octanol–water partition coefficient (Wildman–Crippen LogP) is 3.12. The lowest BCUT2D eigenvalue weighted by molar-refractivity contribution is 0.0755. The van der Waals surface area contributed by atoms with Gasteiger partial charge in [0, 0.05) is 17.6 Å². The maximum atomic E-state index is 12.8. The summed E-state index contributed by atoms with van der Waals surface area (Å²) in [5, 5.41) is 3.29. The molecule has 2 atom stereocenters. The summed E-state index contributed by atoms with van der Waals surface area (Å²) in [6.07, 6.45) is 5.64. The molecule has 2 bridgehead atoms. The van der Waals surface area contributed by atoms with Gasteiger partial charge in [0.15, 0.2) is 11.5 Å². The molecule has 2 fully saturated rings. The summed E-state index contributed by atoms with van der Waals surface area (Å²) in [7, 11) is 0. The van der Waals surface area contributed by atoms with Crippen molar-refractivity contribution in [1.29, 1.82) is 0 Å². The van der Waals surface area contributed by atoms with Crippen LogP contribution < -0.4 is 20.5 Å². The van der Waals surface area contributed by atoms with Crippen molar-refractivity contribution < 1.29 is 14.3 Å². The average molecular weight is 346 g/mol. The first-order chi connectivity index (χ1) is 12.1. The number of hydrogen-bond donors (Lipinski definition) is 2. The SMILES string of the molecule is CCOc1ccc(C(=O)NC2C3CCCC2CC(N)C3)cc1OCC. The van der Waals surface area contributed by atoms with Crippen molar-refractivity contribution in [2.45, 2.75) is 58.0 Å². The van der Waals surface area contributed by atoms with Crippen LogP contribution in [0.25, 0.3) is 0 Å². The van der Waals surface area contributed by atoms with Gasteiger partial charge in [-0.15, -0.1) is 0 Å². The number of carbonyl (C=O) groups excluding carboxylic acids is 1. The Balaban J connectivity index is 1.73. The zero-order chi connectivity index (χ0) is 17.8. The first-order valence-corrected chi connectivity index (χ1v) is 9.58. The molecule has 1 aromatic rings. The minimum absolute atomic E-state index is 0.0265. The lowest BCUT2D eigenvalue weighted by Gasteiger charge is -2.45. The van der Waals surface area contributed by atoms with Gasteiger partial charge in [-0.1, -0.05) is 6.42 Å². The highest BCUT2D eigenvalue weighted by Gasteiger charge is 2.40. The van der Waals surface area contributed by atoms with Crippen molar-refractivity contribution >= 4 is 5.91 Å². The summed E-state index contributed by atoms with van der Waals surface area (Å²) in [5.74, 6) is 2.31. The summed E-state index contributed by atoms with van der Waals surface area (Å²) >= 11 is 0. The molecule has 0 heterocycles. The Morgan fingerprint density at radius 1 is 1.12 bits per heavy atom. The number of nitrogens with two attached hydrogens (primary N) is 1. The Morgan fingerprint density at radius 2 is 1.76 bits per heavy atom. The van der Waals surface area contributed by atoms with E-state index >= 15 is 0 Å². The molecule has 25 heavy (non-hydrogen) atoms. The van der Waals surface area contributed by atoms with Crippen LogP contribution in [0.15, 0.2) is 18.2 Å². The van der Waals surface area contributed by atoms with E-state index < -0.39 is 0 Å². The van der Waals surface area contributed by atoms with Crippen molar-refractivity contribution in [3.05, 3.63) is 23.8 Å². The average Bonchev–Trinajstić information content (AvgIpc) is 2.57. The van der Waals surface area contributed by atoms with Gasteiger partial charge in [0.25, 0.3) is 5.91 Å². The Bertz CT molecular complexity index is 591. The van der Waals surface area contributed by atoms with E-state index in [0.29, 0.717) is 48.2 Å². The number of rotatable bonds is 6. The molecule has 5 heteroatoms. The largest absolute Gasteiger partial charge is 0.490 e. The zero-order valence-corrected chi connectivity index (χ0v) is 15.3. The number of fused-ring (bicyclic) bond motifs is 2. The van der Waals surface area contributed by atoms with E-state index in [1.807, 2.05) is 26.0 Å². The van der Waals surface area contributed by atoms with E-state index in [-0.39, 0.29) is 11.9 Å². The molecule has 2 aliphatic carbocycles. The molecule has 0 aliphatic heterocycles. The fourth-order valence-electron chi connectivity index (χ4n) is 4.45. The number of nitrogens with one attached hydrogen (secondary N) is 1. The number of hydrogen-bond acceptors (Lipinski definition) is 4. The van der Waals surface area contributed by atoms with Gasteiger partial charge in [0.05, 0.1) is 13.2 Å². The Kier molecular flexibility index (Phi) is 5.84. The van der Waals surface area contributed by atoms with Crippen molar-refractivity contribution in [3.8, 4) is 11.5 Å². The van der Waals surface area contributed by atoms with Crippen LogP contribution in [-0.4, -0.2) is 31.2 Å². The van der Waals surface area contributed by atoms with Gasteiger partial charge in [-0.2, -0.15) is 0 Å². The molecular formula is C20H30N2O3. The van der Waals surface area contributed by atoms with Crippen LogP contribution >= 0.6 is 0 Å². The smallest absolute Gasteiger partial charge is 0.251 e. The van der Waals surface area contributed by atoms with Gasteiger partial charge in [-0.25, -0.2) is 0 Å². The summed E-state index contributed by atoms with van der Waals surface area (Å²) < 4.78 is 11.2. The molecule has 2 aliphatic rings. The minimum atomic E-state index is -0.0265. The number of carbonyl (C=O) groups is 1. The molecule has 0 aromatic heterocycles. The number of ether oxygens (including phenoxy) is 2. The second kappa shape index (κ2) is 8.09. The molecule has 5 nitrogen and oxygen atoms in total. The lowest BCUT2D eigenvalue weighted by Crippen LogP contribution is -2.53. The standard InChI is InChI=1S/C20H30N2O3/c1-3-24-17-9-8-15(12-18(17)25-4-2)20(23)22-19-13-6-5-7-14(19)11-16(21)10-13/h8-9,12-14,16,19H,3-7,10-11,21H2,1-2H3,(H,22,23). The second-order valence-corrected chi connectivity index (χ2v) is 7.21. The Morgan fingerprint density at radius 3 is 2.40 bits per heavy atom. The normalized spacial score (nSPS) is 28.3. The third kappa shape index (κ3) is 4.09. The molecule has 0 spiro atoms. The van der Waals surface area contributed by atoms with Crippen molar-refractivity contribution in [3.63, 3.8) is 0 Å². The molecule has 1 amide bonds. The van der Waals surface area contributed by atoms with E-state index in [9.17, 15) is 4.79 Å². The molecule has 2 unspecified atom stereocenters. The minimum Gasteiger partial charge on any atom is -0.490 e. The zero-order valence-electron chi connectivity index (χ0n) is 15.3. The van der Waals surface area contributed by atoms with E-state index in [0.717, 1.165) is 12.8 Å². The first kappa shape index (κ1) is 18.1. The molecule has 0 radical (unpaired) electrons. The summed E-state index contributed by atoms with van der Waals surface area (Å²) in [4.78, 5) is 12.8. The Hall–Kier alpha value is -1.75. The predicted molar refractivity (Wildman–Crippen MR) is 98.1 cm³/mol. The van der Waals surface area contributed by atoms with Crippen LogP contribution in [0, 0.1) is 11.8 Å². The van der Waals surface area contributed by atoms with Gasteiger partial charge >= 0.3 is 0 Å². The molecule has 3 rings (SSSR count). The van der Waals surface area contributed by atoms with Gasteiger partial charge in [0.2, 0.25) is 0 Å². The topological polar surface area (TPSA) is 73.6 Å². The van der Waals surface area contributed by atoms with Crippen molar-refractivity contribution in [1.82, 2.24) is 5.32 Å². The molecule has 138 valence electrons. The second-order valence-electron chi connectivity index (χ2n) is 7.21. The van der Waals surface area contributed by atoms with E-state index in [4.69, 9.17) is 15.2 Å². The highest BCUT2D eigenvalue weighted by molar-refractivity contribution is 5.95. The monoisotopic (exact) mass is 346 g/mol. The number of benzene rings is 1. The fraction of sp³-hybridized carbons (Fsp3) is 0.650. The Labute approximate surface area is 150 Å². The molecule has 0 saturated heterocycles. The van der Waals surface area contributed by atoms with Gasteiger partial charge in [-0.05, 0) is 69.6 Å². The van der Waals surface area contributed by atoms with E-state index in [1.165, 1.54) is 19.3 Å². The summed E-state index contributed by atoms with van der Waals surface area (Å²) in [5.41, 5.74) is 6.81. The van der Waals surface area contributed by atoms with Crippen LogP contribution in [-0.2, 0) is 0 Å². The lowest BCUT2D eigenvalue weighted by atomic mass is 9.67. The highest BCUT2D eigenvalue weighted by Crippen LogP contribution is 2.40. The third-order valence-corrected chi connectivity index (χ3v) is 5.48. The van der Waals surface area contributed by atoms with Crippen molar-refractivity contribution in [2.24, 2.45) is 17.6 Å². The molecular weight excluding hydrogens is 316 g/mol. The summed E-state index contributed by atoms with van der Waals surface area (Å²) in [6.45, 7) is 4.96. The maximum Gasteiger partial charge on any atom is 0.251 e. The molecule has 1 aromatic carbocycles. The van der Waals surface area contributed by atoms with Crippen LogP contribution in [0.1, 0.15) is 56.3 Å². The van der Waals surface area contributed by atoms with Gasteiger partial charge in [-0.3, -0.25) is 4.79 Å². The van der Waals surface area contributed by atoms with Gasteiger partial charge in [0.1, 0.15) is 0 Å². The summed E-state index contributed by atoms with van der Waals surface area (Å²) in [6, 6.07) is 5.96. The third-order valence-electron chi connectivity index (χ3n) is 5.48. The molecule has 3 N–H and O–H groups in total. The first-order valence-electron chi connectivity index (χ1n) is 9.58. The van der Waals surface area contributed by atoms with Crippen LogP contribution in [0.2, 0.25) is 0 Å². The highest BCUT2D eigenvalue weighted by atomic mass is 16.5. The van der Waals surface area contributed by atoms with E-state index in [2.05, 4.69) is 5.32 Å². The van der Waals surface area contributed by atoms with Crippen molar-refractivity contribution in [2.75, 3.05) is 13.2 Å². The van der Waals surface area contributed by atoms with Crippen LogP contribution in [0.4, 0.5) is 0 Å². The number of amides is 1. The van der Waals surface area contributed by atoms with E-state index in [1.54, 1.807) is 6.07 Å². The molecule has 2 saturated carbocycles. The fourth-order valence-corrected chi connectivity index (χ4v) is 4.45. The van der Waals surface area contributed by atoms with Crippen LogP contribution in [0.5, 0.6) is 11.5 Å². The van der Waals surface area contributed by atoms with Gasteiger partial charge < -0.3 is 20.5 Å². The quantitative estimate of drug-likeness (QED) is 0.830. The maximum absolute atomic E-state index is 12.8.